The second-order valence-electron chi connectivity index (χ2n) is 5.27. The zero-order valence-corrected chi connectivity index (χ0v) is 13.1. The van der Waals surface area contributed by atoms with Crippen molar-refractivity contribution in [3.63, 3.8) is 0 Å². The lowest BCUT2D eigenvalue weighted by atomic mass is 10.1. The van der Waals surface area contributed by atoms with Gasteiger partial charge in [0.05, 0.1) is 0 Å². The van der Waals surface area contributed by atoms with E-state index >= 15 is 0 Å². The number of aryl methyl sites for hydroxylation is 1. The van der Waals surface area contributed by atoms with Gasteiger partial charge in [0.25, 0.3) is 5.89 Å². The minimum atomic E-state index is -0.754. The quantitative estimate of drug-likeness (QED) is 0.736. The molecule has 0 aliphatic carbocycles. The van der Waals surface area contributed by atoms with Gasteiger partial charge in [0.15, 0.2) is 6.10 Å². The van der Waals surface area contributed by atoms with Gasteiger partial charge in [-0.2, -0.15) is 4.98 Å². The van der Waals surface area contributed by atoms with Crippen LogP contribution in [-0.4, -0.2) is 26.2 Å². The molecule has 122 valence electrons. The first-order valence-electron chi connectivity index (χ1n) is 7.29. The molecule has 7 nitrogen and oxygen atoms in total. The first-order valence-corrected chi connectivity index (χ1v) is 7.29. The van der Waals surface area contributed by atoms with Crippen LogP contribution in [0.2, 0.25) is 0 Å². The maximum atomic E-state index is 12.2. The number of aromatic hydroxyl groups is 1. The van der Waals surface area contributed by atoms with Crippen LogP contribution in [0.4, 0.5) is 0 Å². The Morgan fingerprint density at radius 3 is 2.88 bits per heavy atom. The summed E-state index contributed by atoms with van der Waals surface area (Å²) in [5.41, 5.74) is 1.62. The second-order valence-corrected chi connectivity index (χ2v) is 5.27. The number of hydrogen-bond donors (Lipinski definition) is 1. The van der Waals surface area contributed by atoms with Crippen LogP contribution in [0.15, 0.2) is 47.2 Å². The summed E-state index contributed by atoms with van der Waals surface area (Å²) < 4.78 is 10.4. The molecular weight excluding hydrogens is 310 g/mol. The molecule has 0 fully saturated rings. The summed E-state index contributed by atoms with van der Waals surface area (Å²) in [6.45, 7) is 3.43. The van der Waals surface area contributed by atoms with E-state index in [1.807, 2.05) is 6.92 Å². The fourth-order valence-corrected chi connectivity index (χ4v) is 2.10. The lowest BCUT2D eigenvalue weighted by Gasteiger charge is -2.10. The van der Waals surface area contributed by atoms with Gasteiger partial charge >= 0.3 is 5.97 Å². The van der Waals surface area contributed by atoms with Crippen molar-refractivity contribution in [1.29, 1.82) is 0 Å². The Morgan fingerprint density at radius 2 is 2.17 bits per heavy atom. The number of carbonyl (C=O) groups excluding carboxylic acids is 1. The van der Waals surface area contributed by atoms with Crippen LogP contribution < -0.4 is 0 Å². The highest BCUT2D eigenvalue weighted by atomic mass is 16.6. The fraction of sp³-hybridized carbons (Fsp3) is 0.176. The van der Waals surface area contributed by atoms with Gasteiger partial charge in [-0.25, -0.2) is 4.79 Å². The molecule has 3 rings (SSSR count). The van der Waals surface area contributed by atoms with Crippen LogP contribution in [0.3, 0.4) is 0 Å². The predicted molar refractivity (Wildman–Crippen MR) is 84.2 cm³/mol. The maximum absolute atomic E-state index is 12.2. The molecular formula is C17H15N3O4. The van der Waals surface area contributed by atoms with E-state index in [-0.39, 0.29) is 17.2 Å². The number of aromatic nitrogens is 3. The summed E-state index contributed by atoms with van der Waals surface area (Å²) in [5, 5.41) is 13.7. The first-order chi connectivity index (χ1) is 11.5. The average Bonchev–Trinajstić information content (AvgIpc) is 3.05. The molecule has 0 radical (unpaired) electrons. The standard InChI is InChI=1S/C17H15N3O4/c1-10-5-6-13(14(21)8-10)17(22)23-11(2)16-19-15(20-24-16)12-4-3-7-18-9-12/h3-9,11,21H,1-2H3/t11-/m1/s1. The Bertz CT molecular complexity index is 861. The minimum absolute atomic E-state index is 0.0828. The summed E-state index contributed by atoms with van der Waals surface area (Å²) in [4.78, 5) is 20.3. The van der Waals surface area contributed by atoms with Gasteiger partial charge in [0.2, 0.25) is 5.82 Å². The highest BCUT2D eigenvalue weighted by Gasteiger charge is 2.21. The van der Waals surface area contributed by atoms with Gasteiger partial charge in [-0.15, -0.1) is 0 Å². The topological polar surface area (TPSA) is 98.3 Å². The summed E-state index contributed by atoms with van der Waals surface area (Å²) in [5.74, 6) is -0.275. The SMILES string of the molecule is Cc1ccc(C(=O)O[C@H](C)c2nc(-c3cccnc3)no2)c(O)c1. The van der Waals surface area contributed by atoms with Crippen LogP contribution in [0.1, 0.15) is 34.8 Å². The first kappa shape index (κ1) is 15.7. The molecule has 7 heteroatoms. The van der Waals surface area contributed by atoms with Gasteiger partial charge in [-0.1, -0.05) is 11.2 Å². The van der Waals surface area contributed by atoms with Crippen LogP contribution in [-0.2, 0) is 4.74 Å². The van der Waals surface area contributed by atoms with Crippen LogP contribution in [0, 0.1) is 6.92 Å². The summed E-state index contributed by atoms with van der Waals surface area (Å²) in [6.07, 6.45) is 2.50. The van der Waals surface area contributed by atoms with E-state index in [1.54, 1.807) is 37.5 Å². The third kappa shape index (κ3) is 3.24. The number of phenolic OH excluding ortho intramolecular Hbond substituents is 1. The normalized spacial score (nSPS) is 11.9. The average molecular weight is 325 g/mol. The molecule has 0 amide bonds. The number of phenols is 1. The number of esters is 1. The Labute approximate surface area is 137 Å². The zero-order chi connectivity index (χ0) is 17.1. The minimum Gasteiger partial charge on any atom is -0.507 e. The number of rotatable bonds is 4. The number of pyridine rings is 1. The van der Waals surface area contributed by atoms with E-state index in [2.05, 4.69) is 15.1 Å². The van der Waals surface area contributed by atoms with E-state index in [1.165, 1.54) is 12.1 Å². The van der Waals surface area contributed by atoms with Crippen LogP contribution >= 0.6 is 0 Å². The largest absolute Gasteiger partial charge is 0.507 e. The third-order valence-corrected chi connectivity index (χ3v) is 3.37. The molecule has 0 saturated carbocycles. The van der Waals surface area contributed by atoms with Gasteiger partial charge in [0, 0.05) is 18.0 Å². The molecule has 0 aliphatic heterocycles. The smallest absolute Gasteiger partial charge is 0.342 e. The second kappa shape index (κ2) is 6.49. The van der Waals surface area contributed by atoms with Crippen molar-refractivity contribution < 1.29 is 19.2 Å². The molecule has 1 atom stereocenters. The van der Waals surface area contributed by atoms with E-state index in [9.17, 15) is 9.90 Å². The van der Waals surface area contributed by atoms with E-state index < -0.39 is 12.1 Å². The summed E-state index contributed by atoms with van der Waals surface area (Å²) in [7, 11) is 0. The molecule has 1 N–H and O–H groups in total. The van der Waals surface area contributed by atoms with Gasteiger partial charge < -0.3 is 14.4 Å². The molecule has 2 heterocycles. The van der Waals surface area contributed by atoms with Crippen molar-refractivity contribution in [2.45, 2.75) is 20.0 Å². The molecule has 1 aromatic carbocycles. The van der Waals surface area contributed by atoms with E-state index in [4.69, 9.17) is 9.26 Å². The Hall–Kier alpha value is -3.22. The van der Waals surface area contributed by atoms with Crippen LogP contribution in [0.25, 0.3) is 11.4 Å². The molecule has 3 aromatic rings. The molecule has 0 bridgehead atoms. The van der Waals surface area contributed by atoms with Crippen molar-refractivity contribution in [3.05, 3.63) is 59.7 Å². The Balaban J connectivity index is 1.74. The number of hydrogen-bond acceptors (Lipinski definition) is 7. The number of carbonyl (C=O) groups is 1. The molecule has 24 heavy (non-hydrogen) atoms. The number of ether oxygens (including phenoxy) is 1. The maximum Gasteiger partial charge on any atom is 0.342 e. The van der Waals surface area contributed by atoms with Crippen molar-refractivity contribution in [2.75, 3.05) is 0 Å². The lowest BCUT2D eigenvalue weighted by Crippen LogP contribution is -2.10. The van der Waals surface area contributed by atoms with Crippen molar-refractivity contribution in [2.24, 2.45) is 0 Å². The Kier molecular flexibility index (Phi) is 4.24. The van der Waals surface area contributed by atoms with E-state index in [0.29, 0.717) is 11.4 Å². The van der Waals surface area contributed by atoms with Crippen molar-refractivity contribution in [1.82, 2.24) is 15.1 Å². The van der Waals surface area contributed by atoms with E-state index in [0.717, 1.165) is 5.56 Å². The highest BCUT2D eigenvalue weighted by molar-refractivity contribution is 5.92. The fourth-order valence-electron chi connectivity index (χ4n) is 2.10. The molecule has 0 saturated heterocycles. The van der Waals surface area contributed by atoms with Crippen molar-refractivity contribution >= 4 is 5.97 Å². The number of benzene rings is 1. The predicted octanol–water partition coefficient (Wildman–Crippen LogP) is 3.06. The molecule has 0 spiro atoms. The monoisotopic (exact) mass is 325 g/mol. The zero-order valence-electron chi connectivity index (χ0n) is 13.1. The Morgan fingerprint density at radius 1 is 1.33 bits per heavy atom. The highest BCUT2D eigenvalue weighted by Crippen LogP contribution is 2.24. The summed E-state index contributed by atoms with van der Waals surface area (Å²) >= 11 is 0. The third-order valence-electron chi connectivity index (χ3n) is 3.37. The van der Waals surface area contributed by atoms with Gasteiger partial charge in [-0.3, -0.25) is 4.98 Å². The van der Waals surface area contributed by atoms with Gasteiger partial charge in [0.1, 0.15) is 11.3 Å². The lowest BCUT2D eigenvalue weighted by molar-refractivity contribution is 0.0262. The molecule has 2 aromatic heterocycles. The van der Waals surface area contributed by atoms with Crippen molar-refractivity contribution in [3.8, 4) is 17.1 Å². The summed E-state index contributed by atoms with van der Waals surface area (Å²) in [6, 6.07) is 8.27. The molecule has 0 aliphatic rings. The van der Waals surface area contributed by atoms with Crippen LogP contribution in [0.5, 0.6) is 5.75 Å². The molecule has 0 unspecified atom stereocenters. The van der Waals surface area contributed by atoms with Gasteiger partial charge in [-0.05, 0) is 43.7 Å². The number of nitrogens with zero attached hydrogens (tertiary/aromatic N) is 3.